The Kier molecular flexibility index (Phi) is 1.91. The van der Waals surface area contributed by atoms with Crippen molar-refractivity contribution in [3.05, 3.63) is 0 Å². The van der Waals surface area contributed by atoms with Crippen molar-refractivity contribution in [2.24, 2.45) is 0 Å². The van der Waals surface area contributed by atoms with Crippen molar-refractivity contribution in [2.75, 3.05) is 0 Å². The maximum Gasteiger partial charge on any atom is 0.166 e. The molecule has 2 nitrogen and oxygen atoms in total. The largest absolute Gasteiger partial charge is 0.331 e. The van der Waals surface area contributed by atoms with Gasteiger partial charge >= 0.3 is 0 Å². The molecule has 0 radical (unpaired) electrons. The van der Waals surface area contributed by atoms with Crippen LogP contribution in [0.5, 0.6) is 0 Å². The van der Waals surface area contributed by atoms with E-state index in [1.165, 1.54) is 0 Å². The van der Waals surface area contributed by atoms with E-state index < -0.39 is 18.0 Å². The van der Waals surface area contributed by atoms with Crippen LogP contribution < -0.4 is 0 Å². The van der Waals surface area contributed by atoms with Gasteiger partial charge in [0.05, 0.1) is 0 Å². The summed E-state index contributed by atoms with van der Waals surface area (Å²) in [5.41, 5.74) is 0. The molecule has 1 fully saturated rings. The van der Waals surface area contributed by atoms with Crippen molar-refractivity contribution in [1.82, 2.24) is 0 Å². The Balaban J connectivity index is 2.74. The Morgan fingerprint density at radius 3 is 1.73 bits per heavy atom. The lowest BCUT2D eigenvalue weighted by atomic mass is 10.2. The lowest BCUT2D eigenvalue weighted by molar-refractivity contribution is -0.137. The number of ether oxygens (including phenoxy) is 2. The molecule has 2 atom stereocenters. The van der Waals surface area contributed by atoms with Crippen LogP contribution in [0, 0.1) is 24.7 Å². The van der Waals surface area contributed by atoms with Crippen LogP contribution >= 0.6 is 0 Å². The number of hydrogen-bond acceptors (Lipinski definition) is 2. The Labute approximate surface area is 66.9 Å². The van der Waals surface area contributed by atoms with Crippen molar-refractivity contribution in [3.8, 4) is 24.7 Å². The van der Waals surface area contributed by atoms with E-state index in [2.05, 4.69) is 11.8 Å². The van der Waals surface area contributed by atoms with Gasteiger partial charge in [-0.15, -0.1) is 12.8 Å². The van der Waals surface area contributed by atoms with Gasteiger partial charge in [-0.2, -0.15) is 0 Å². The first-order chi connectivity index (χ1) is 5.09. The van der Waals surface area contributed by atoms with Crippen molar-refractivity contribution >= 4 is 0 Å². The van der Waals surface area contributed by atoms with Crippen LogP contribution in [0.1, 0.15) is 13.8 Å². The van der Waals surface area contributed by atoms with Crippen molar-refractivity contribution < 1.29 is 9.47 Å². The molecule has 1 rings (SSSR count). The van der Waals surface area contributed by atoms with Crippen molar-refractivity contribution in [2.45, 2.75) is 31.8 Å². The second-order valence-corrected chi connectivity index (χ2v) is 2.81. The zero-order valence-electron chi connectivity index (χ0n) is 6.63. The lowest BCUT2D eigenvalue weighted by Crippen LogP contribution is -2.20. The Hall–Kier alpha value is -0.960. The molecule has 0 aromatic rings. The van der Waals surface area contributed by atoms with Gasteiger partial charge in [-0.3, -0.25) is 0 Å². The van der Waals surface area contributed by atoms with Crippen LogP contribution in [0.25, 0.3) is 0 Å². The third kappa shape index (κ3) is 1.54. The topological polar surface area (TPSA) is 18.5 Å². The van der Waals surface area contributed by atoms with Gasteiger partial charge < -0.3 is 9.47 Å². The van der Waals surface area contributed by atoms with Crippen molar-refractivity contribution in [3.63, 3.8) is 0 Å². The molecule has 0 amide bonds. The molecule has 11 heavy (non-hydrogen) atoms. The molecule has 0 aromatic carbocycles. The van der Waals surface area contributed by atoms with Crippen LogP contribution in [0.15, 0.2) is 0 Å². The molecule has 0 aliphatic carbocycles. The first-order valence-corrected chi connectivity index (χ1v) is 3.37. The molecule has 58 valence electrons. The van der Waals surface area contributed by atoms with E-state index in [4.69, 9.17) is 22.3 Å². The summed E-state index contributed by atoms with van der Waals surface area (Å²) in [4.78, 5) is 0. The first-order valence-electron chi connectivity index (χ1n) is 3.37. The fraction of sp³-hybridized carbons (Fsp3) is 0.556. The molecule has 1 aliphatic rings. The van der Waals surface area contributed by atoms with Gasteiger partial charge in [0.1, 0.15) is 0 Å². The minimum Gasteiger partial charge on any atom is -0.331 e. The first kappa shape index (κ1) is 8.14. The van der Waals surface area contributed by atoms with E-state index in [-0.39, 0.29) is 0 Å². The summed E-state index contributed by atoms with van der Waals surface area (Å²) in [7, 11) is 0. The monoisotopic (exact) mass is 150 g/mol. The molecule has 0 aromatic heterocycles. The number of hydrogen-bond donors (Lipinski definition) is 0. The molecular weight excluding hydrogens is 140 g/mol. The normalized spacial score (nSPS) is 34.2. The fourth-order valence-corrected chi connectivity index (χ4v) is 1.01. The minimum absolute atomic E-state index is 0.407. The van der Waals surface area contributed by atoms with Gasteiger partial charge in [-0.1, -0.05) is 11.8 Å². The summed E-state index contributed by atoms with van der Waals surface area (Å²) in [6.07, 6.45) is 9.53. The maximum atomic E-state index is 5.30. The molecule has 0 spiro atoms. The molecule has 0 bridgehead atoms. The highest BCUT2D eigenvalue weighted by atomic mass is 16.7. The molecule has 2 heteroatoms. The van der Waals surface area contributed by atoms with E-state index in [1.807, 2.05) is 0 Å². The standard InChI is InChI=1S/C9H10O2/c1-5-7-8(6-2)11-9(3,4)10-7/h1-2,7-8H,3-4H3. The summed E-state index contributed by atoms with van der Waals surface area (Å²) >= 11 is 0. The highest BCUT2D eigenvalue weighted by molar-refractivity contribution is 5.13. The third-order valence-electron chi connectivity index (χ3n) is 1.43. The third-order valence-corrected chi connectivity index (χ3v) is 1.43. The van der Waals surface area contributed by atoms with E-state index in [0.29, 0.717) is 0 Å². The minimum atomic E-state index is -0.645. The average Bonchev–Trinajstić information content (AvgIpc) is 2.25. The Morgan fingerprint density at radius 2 is 1.45 bits per heavy atom. The second kappa shape index (κ2) is 2.58. The zero-order valence-corrected chi connectivity index (χ0v) is 6.63. The Bertz CT molecular complexity index is 205. The molecular formula is C9H10O2. The van der Waals surface area contributed by atoms with Crippen LogP contribution in [0.3, 0.4) is 0 Å². The van der Waals surface area contributed by atoms with Gasteiger partial charge in [-0.05, 0) is 13.8 Å². The smallest absolute Gasteiger partial charge is 0.166 e. The molecule has 1 heterocycles. The predicted molar refractivity (Wildman–Crippen MR) is 41.5 cm³/mol. The highest BCUT2D eigenvalue weighted by Gasteiger charge is 2.39. The molecule has 0 N–H and O–H groups in total. The van der Waals surface area contributed by atoms with Crippen molar-refractivity contribution in [1.29, 1.82) is 0 Å². The quantitative estimate of drug-likeness (QED) is 0.475. The predicted octanol–water partition coefficient (Wildman–Crippen LogP) is 0.773. The maximum absolute atomic E-state index is 5.30. The van der Waals surface area contributed by atoms with E-state index >= 15 is 0 Å². The highest BCUT2D eigenvalue weighted by Crippen LogP contribution is 2.26. The second-order valence-electron chi connectivity index (χ2n) is 2.81. The average molecular weight is 150 g/mol. The Morgan fingerprint density at radius 1 is 1.09 bits per heavy atom. The van der Waals surface area contributed by atoms with Crippen LogP contribution in [-0.2, 0) is 9.47 Å². The van der Waals surface area contributed by atoms with Crippen LogP contribution in [0.4, 0.5) is 0 Å². The van der Waals surface area contributed by atoms with Gasteiger partial charge in [0.2, 0.25) is 0 Å². The summed E-state index contributed by atoms with van der Waals surface area (Å²) in [6.45, 7) is 3.57. The zero-order chi connectivity index (χ0) is 8.48. The summed E-state index contributed by atoms with van der Waals surface area (Å²) < 4.78 is 10.6. The summed E-state index contributed by atoms with van der Waals surface area (Å²) in [5.74, 6) is 4.22. The summed E-state index contributed by atoms with van der Waals surface area (Å²) in [6, 6.07) is 0. The molecule has 2 unspecified atom stereocenters. The van der Waals surface area contributed by atoms with E-state index in [0.717, 1.165) is 0 Å². The molecule has 1 saturated heterocycles. The fourth-order valence-electron chi connectivity index (χ4n) is 1.01. The van der Waals surface area contributed by atoms with Crippen LogP contribution in [-0.4, -0.2) is 18.0 Å². The molecule has 0 saturated carbocycles. The van der Waals surface area contributed by atoms with Gasteiger partial charge in [0.25, 0.3) is 0 Å². The molecule has 1 aliphatic heterocycles. The van der Waals surface area contributed by atoms with Gasteiger partial charge in [0.15, 0.2) is 18.0 Å². The van der Waals surface area contributed by atoms with E-state index in [1.54, 1.807) is 13.8 Å². The SMILES string of the molecule is C#CC1OC(C)(C)OC1C#C. The van der Waals surface area contributed by atoms with Gasteiger partial charge in [-0.25, -0.2) is 0 Å². The number of terminal acetylenes is 2. The van der Waals surface area contributed by atoms with Gasteiger partial charge in [0, 0.05) is 0 Å². The van der Waals surface area contributed by atoms with E-state index in [9.17, 15) is 0 Å². The lowest BCUT2D eigenvalue weighted by Gasteiger charge is -2.14. The van der Waals surface area contributed by atoms with Crippen LogP contribution in [0.2, 0.25) is 0 Å². The summed E-state index contributed by atoms with van der Waals surface area (Å²) in [5, 5.41) is 0. The number of rotatable bonds is 0.